The van der Waals surface area contributed by atoms with Crippen LogP contribution >= 0.6 is 11.8 Å². The third kappa shape index (κ3) is 2.57. The Labute approximate surface area is 107 Å². The number of nitrogens with zero attached hydrogens (tertiary/aromatic N) is 2. The van der Waals surface area contributed by atoms with E-state index in [-0.39, 0.29) is 4.75 Å². The summed E-state index contributed by atoms with van der Waals surface area (Å²) in [5.74, 6) is 1.48. The van der Waals surface area contributed by atoms with Crippen LogP contribution in [0.1, 0.15) is 38.1 Å². The highest BCUT2D eigenvalue weighted by molar-refractivity contribution is 8.01. The van der Waals surface area contributed by atoms with Crippen LogP contribution in [0.5, 0.6) is 0 Å². The van der Waals surface area contributed by atoms with E-state index in [0.717, 1.165) is 30.1 Å². The molecule has 1 aliphatic rings. The van der Waals surface area contributed by atoms with Gasteiger partial charge in [0.05, 0.1) is 10.4 Å². The fraction of sp³-hybridized carbons (Fsp3) is 0.692. The molecule has 1 aromatic heterocycles. The number of carbonyl (C=O) groups excluding carboxylic acids is 1. The van der Waals surface area contributed by atoms with Crippen LogP contribution in [0.15, 0.2) is 6.07 Å². The van der Waals surface area contributed by atoms with E-state index < -0.39 is 0 Å². The number of carbonyl (C=O) groups is 1. The highest BCUT2D eigenvalue weighted by Gasteiger charge is 2.36. The summed E-state index contributed by atoms with van der Waals surface area (Å²) in [6, 6.07) is 2.03. The zero-order valence-electron chi connectivity index (χ0n) is 10.8. The lowest BCUT2D eigenvalue weighted by Crippen LogP contribution is -2.30. The molecule has 1 aliphatic heterocycles. The van der Waals surface area contributed by atoms with Crippen LogP contribution < -0.4 is 0 Å². The maximum Gasteiger partial charge on any atom is 0.154 e. The molecule has 1 fully saturated rings. The van der Waals surface area contributed by atoms with Crippen LogP contribution in [0.25, 0.3) is 0 Å². The second kappa shape index (κ2) is 4.84. The van der Waals surface area contributed by atoms with E-state index in [1.165, 1.54) is 6.42 Å². The zero-order chi connectivity index (χ0) is 12.5. The molecule has 1 unspecified atom stereocenters. The lowest BCUT2D eigenvalue weighted by molar-refractivity contribution is -0.120. The molecule has 2 rings (SSSR count). The van der Waals surface area contributed by atoms with Crippen molar-refractivity contribution < 1.29 is 4.79 Å². The summed E-state index contributed by atoms with van der Waals surface area (Å²) in [6.07, 6.45) is 2.72. The molecule has 0 N–H and O–H groups in total. The Bertz CT molecular complexity index is 419. The number of aromatic nitrogens is 2. The molecule has 1 aromatic rings. The number of hydrogen-bond acceptors (Lipinski definition) is 3. The van der Waals surface area contributed by atoms with Gasteiger partial charge in [-0.25, -0.2) is 0 Å². The number of aryl methyl sites for hydroxylation is 2. The van der Waals surface area contributed by atoms with E-state index in [9.17, 15) is 4.79 Å². The smallest absolute Gasteiger partial charge is 0.154 e. The lowest BCUT2D eigenvalue weighted by Gasteiger charge is -2.20. The van der Waals surface area contributed by atoms with E-state index in [2.05, 4.69) is 18.9 Å². The first-order valence-corrected chi connectivity index (χ1v) is 7.24. The molecule has 1 saturated heterocycles. The van der Waals surface area contributed by atoms with Crippen molar-refractivity contribution in [3.63, 3.8) is 0 Å². The Balaban J connectivity index is 2.12. The van der Waals surface area contributed by atoms with Crippen molar-refractivity contribution in [2.45, 2.75) is 51.3 Å². The molecule has 0 aromatic carbocycles. The Morgan fingerprint density at radius 3 is 3.00 bits per heavy atom. The molecule has 94 valence electrons. The molecule has 2 heterocycles. The summed E-state index contributed by atoms with van der Waals surface area (Å²) in [7, 11) is 0. The predicted octanol–water partition coefficient (Wildman–Crippen LogP) is 2.61. The fourth-order valence-electron chi connectivity index (χ4n) is 2.37. The zero-order valence-corrected chi connectivity index (χ0v) is 11.6. The minimum absolute atomic E-state index is 0.156. The summed E-state index contributed by atoms with van der Waals surface area (Å²) in [5, 5.41) is 4.39. The largest absolute Gasteiger partial charge is 0.298 e. The monoisotopic (exact) mass is 252 g/mol. The fourth-order valence-corrected chi connectivity index (χ4v) is 3.63. The van der Waals surface area contributed by atoms with Gasteiger partial charge in [0.1, 0.15) is 0 Å². The summed E-state index contributed by atoms with van der Waals surface area (Å²) < 4.78 is 1.78. The summed E-state index contributed by atoms with van der Waals surface area (Å²) in [5.41, 5.74) is 2.06. The maximum absolute atomic E-state index is 12.4. The van der Waals surface area contributed by atoms with Gasteiger partial charge >= 0.3 is 0 Å². The van der Waals surface area contributed by atoms with Gasteiger partial charge < -0.3 is 0 Å². The highest BCUT2D eigenvalue weighted by atomic mass is 32.2. The predicted molar refractivity (Wildman–Crippen MR) is 71.4 cm³/mol. The Morgan fingerprint density at radius 1 is 1.65 bits per heavy atom. The molecular formula is C13H20N2OS. The Morgan fingerprint density at radius 2 is 2.41 bits per heavy atom. The first kappa shape index (κ1) is 12.7. The lowest BCUT2D eigenvalue weighted by atomic mass is 9.97. The first-order chi connectivity index (χ1) is 8.05. The van der Waals surface area contributed by atoms with Crippen LogP contribution in [0.2, 0.25) is 0 Å². The van der Waals surface area contributed by atoms with E-state index >= 15 is 0 Å². The van der Waals surface area contributed by atoms with E-state index in [1.54, 1.807) is 0 Å². The van der Waals surface area contributed by atoms with Crippen LogP contribution in [0.3, 0.4) is 0 Å². The number of Topliss-reactive ketones (excluding diaryl/α,β-unsaturated/α-hetero) is 1. The molecule has 3 nitrogen and oxygen atoms in total. The topological polar surface area (TPSA) is 34.9 Å². The van der Waals surface area contributed by atoms with Gasteiger partial charge in [0.2, 0.25) is 0 Å². The average molecular weight is 252 g/mol. The third-order valence-electron chi connectivity index (χ3n) is 3.44. The molecule has 0 aliphatic carbocycles. The summed E-state index contributed by atoms with van der Waals surface area (Å²) >= 11 is 1.81. The highest BCUT2D eigenvalue weighted by Crippen LogP contribution is 2.39. The normalized spacial score (nSPS) is 24.2. The second-order valence-corrected chi connectivity index (χ2v) is 6.47. The molecule has 17 heavy (non-hydrogen) atoms. The standard InChI is InChI=1S/C13H20N2OS/c1-4-15-11(8-10(2)14-15)9-12(16)13(3)6-5-7-17-13/h8H,4-7,9H2,1-3H3. The molecule has 1 atom stereocenters. The van der Waals surface area contributed by atoms with Crippen LogP contribution in [-0.2, 0) is 17.8 Å². The average Bonchev–Trinajstić information content (AvgIpc) is 2.86. The maximum atomic E-state index is 12.4. The van der Waals surface area contributed by atoms with Crippen LogP contribution in [0.4, 0.5) is 0 Å². The first-order valence-electron chi connectivity index (χ1n) is 6.26. The van der Waals surface area contributed by atoms with E-state index in [0.29, 0.717) is 12.2 Å². The van der Waals surface area contributed by atoms with Gasteiger partial charge in [-0.1, -0.05) is 0 Å². The SMILES string of the molecule is CCn1nc(C)cc1CC(=O)C1(C)CCCS1. The molecule has 0 bridgehead atoms. The molecular weight excluding hydrogens is 232 g/mol. The summed E-state index contributed by atoms with van der Waals surface area (Å²) in [6.45, 7) is 6.96. The van der Waals surface area contributed by atoms with Gasteiger partial charge in [-0.05, 0) is 45.4 Å². The molecule has 0 spiro atoms. The second-order valence-electron chi connectivity index (χ2n) is 4.88. The molecule has 0 saturated carbocycles. The minimum Gasteiger partial charge on any atom is -0.298 e. The van der Waals surface area contributed by atoms with Crippen molar-refractivity contribution in [2.24, 2.45) is 0 Å². The van der Waals surface area contributed by atoms with Gasteiger partial charge in [0, 0.05) is 18.7 Å². The van der Waals surface area contributed by atoms with Crippen molar-refractivity contribution in [1.82, 2.24) is 9.78 Å². The number of thioether (sulfide) groups is 1. The third-order valence-corrected chi connectivity index (χ3v) is 5.00. The minimum atomic E-state index is -0.156. The van der Waals surface area contributed by atoms with Gasteiger partial charge in [-0.3, -0.25) is 9.48 Å². The Hall–Kier alpha value is -0.770. The van der Waals surface area contributed by atoms with Gasteiger partial charge in [-0.2, -0.15) is 5.10 Å². The van der Waals surface area contributed by atoms with Crippen LogP contribution in [0, 0.1) is 6.92 Å². The molecule has 0 amide bonds. The van der Waals surface area contributed by atoms with Crippen molar-refractivity contribution in [1.29, 1.82) is 0 Å². The Kier molecular flexibility index (Phi) is 3.61. The van der Waals surface area contributed by atoms with Crippen molar-refractivity contribution >= 4 is 17.5 Å². The van der Waals surface area contributed by atoms with Gasteiger partial charge in [0.25, 0.3) is 0 Å². The number of rotatable bonds is 4. The van der Waals surface area contributed by atoms with Crippen molar-refractivity contribution in [2.75, 3.05) is 5.75 Å². The van der Waals surface area contributed by atoms with Crippen LogP contribution in [-0.4, -0.2) is 26.1 Å². The van der Waals surface area contributed by atoms with Gasteiger partial charge in [0.15, 0.2) is 5.78 Å². The summed E-state index contributed by atoms with van der Waals surface area (Å²) in [4.78, 5) is 12.4. The van der Waals surface area contributed by atoms with Crippen molar-refractivity contribution in [3.05, 3.63) is 17.5 Å². The quantitative estimate of drug-likeness (QED) is 0.826. The molecule has 4 heteroatoms. The van der Waals surface area contributed by atoms with Crippen molar-refractivity contribution in [3.8, 4) is 0 Å². The van der Waals surface area contributed by atoms with E-state index in [1.807, 2.05) is 29.4 Å². The molecule has 0 radical (unpaired) electrons. The number of hydrogen-bond donors (Lipinski definition) is 0. The van der Waals surface area contributed by atoms with E-state index in [4.69, 9.17) is 0 Å². The number of ketones is 1. The van der Waals surface area contributed by atoms with Gasteiger partial charge in [-0.15, -0.1) is 11.8 Å².